The van der Waals surface area contributed by atoms with Gasteiger partial charge in [-0.15, -0.1) is 0 Å². The van der Waals surface area contributed by atoms with E-state index < -0.39 is 5.92 Å². The van der Waals surface area contributed by atoms with Crippen molar-refractivity contribution >= 4 is 23.1 Å². The molecule has 230 valence electrons. The molecular formula is C36H41N3O5. The molecule has 0 unspecified atom stereocenters. The van der Waals surface area contributed by atoms with Crippen molar-refractivity contribution in [1.82, 2.24) is 5.32 Å². The largest absolute Gasteiger partial charge is 0.497 e. The number of anilines is 2. The third-order valence-corrected chi connectivity index (χ3v) is 8.65. The highest BCUT2D eigenvalue weighted by atomic mass is 16.5. The number of hydrogen-bond acceptors (Lipinski definition) is 7. The van der Waals surface area contributed by atoms with E-state index in [-0.39, 0.29) is 17.6 Å². The number of Topliss-reactive ketones (excluding diaryl/α,β-unsaturated/α-hetero) is 1. The number of rotatable bonds is 10. The average Bonchev–Trinajstić information content (AvgIpc) is 3.04. The predicted octanol–water partition coefficient (Wildman–Crippen LogP) is 6.56. The zero-order chi connectivity index (χ0) is 31.4. The maximum absolute atomic E-state index is 14.1. The van der Waals surface area contributed by atoms with Crippen LogP contribution in [0, 0.1) is 0 Å². The van der Waals surface area contributed by atoms with Crippen molar-refractivity contribution in [1.29, 1.82) is 0 Å². The molecule has 5 rings (SSSR count). The maximum Gasteiger partial charge on any atom is 0.254 e. The Hall–Kier alpha value is -4.72. The molecule has 2 atom stereocenters. The van der Waals surface area contributed by atoms with Crippen LogP contribution in [0.15, 0.2) is 89.3 Å². The van der Waals surface area contributed by atoms with E-state index in [1.54, 1.807) is 45.6 Å². The third kappa shape index (κ3) is 6.02. The molecule has 0 fully saturated rings. The number of ketones is 1. The van der Waals surface area contributed by atoms with Gasteiger partial charge in [-0.25, -0.2) is 0 Å². The van der Waals surface area contributed by atoms with E-state index in [9.17, 15) is 9.59 Å². The summed E-state index contributed by atoms with van der Waals surface area (Å²) in [5, 5.41) is 6.52. The van der Waals surface area contributed by atoms with E-state index in [0.29, 0.717) is 46.9 Å². The van der Waals surface area contributed by atoms with Crippen LogP contribution >= 0.6 is 0 Å². The van der Waals surface area contributed by atoms with Crippen molar-refractivity contribution in [3.63, 3.8) is 0 Å². The van der Waals surface area contributed by atoms with Crippen molar-refractivity contribution in [3.8, 4) is 17.2 Å². The maximum atomic E-state index is 14.1. The molecule has 0 spiro atoms. The van der Waals surface area contributed by atoms with E-state index in [1.807, 2.05) is 25.1 Å². The first kappa shape index (κ1) is 30.7. The lowest BCUT2D eigenvalue weighted by atomic mass is 9.71. The lowest BCUT2D eigenvalue weighted by molar-refractivity contribution is -0.116. The fraction of sp³-hybridized carbons (Fsp3) is 0.333. The Bertz CT molecular complexity index is 1590. The molecule has 2 N–H and O–H groups in total. The van der Waals surface area contributed by atoms with Crippen LogP contribution in [0.3, 0.4) is 0 Å². The Morgan fingerprint density at radius 1 is 0.864 bits per heavy atom. The lowest BCUT2D eigenvalue weighted by Gasteiger charge is -2.37. The van der Waals surface area contributed by atoms with Gasteiger partial charge in [0.1, 0.15) is 5.75 Å². The number of carbonyl (C=O) groups is 2. The van der Waals surface area contributed by atoms with E-state index in [1.165, 1.54) is 0 Å². The predicted molar refractivity (Wildman–Crippen MR) is 174 cm³/mol. The molecule has 3 aromatic rings. The smallest absolute Gasteiger partial charge is 0.254 e. The number of allylic oxidation sites excluding steroid dienone is 3. The number of ether oxygens (including phenoxy) is 3. The second-order valence-corrected chi connectivity index (χ2v) is 11.1. The molecule has 0 radical (unpaired) electrons. The number of nitrogens with one attached hydrogen (secondary N) is 2. The standard InChI is InChI=1S/C36H41N3O5/c1-7-39(8-2)27-14-9-23(10-15-27)34-33(36(41)38-26-12-16-28(42-4)17-13-26)22(3)37-29-19-25(20-30(40)35(29)34)24-11-18-31(43-5)32(21-24)44-6/h9-18,21,25,34,37H,7-8,19-20H2,1-6H3,(H,38,41)/t25-,34-/m0/s1. The van der Waals surface area contributed by atoms with Gasteiger partial charge in [-0.3, -0.25) is 9.59 Å². The molecule has 1 aliphatic heterocycles. The number of amides is 1. The lowest BCUT2D eigenvalue weighted by Crippen LogP contribution is -2.37. The zero-order valence-electron chi connectivity index (χ0n) is 26.3. The summed E-state index contributed by atoms with van der Waals surface area (Å²) in [4.78, 5) is 30.4. The SMILES string of the molecule is CCN(CC)c1ccc([C@H]2C(C(=O)Nc3ccc(OC)cc3)=C(C)NC3=C2C(=O)C[C@@H](c2ccc(OC)c(OC)c2)C3)cc1. The number of dihydropyridines is 1. The first-order valence-electron chi connectivity index (χ1n) is 15.1. The van der Waals surface area contributed by atoms with Crippen molar-refractivity contribution in [3.05, 3.63) is 100 Å². The summed E-state index contributed by atoms with van der Waals surface area (Å²) in [5.74, 6) is 1.21. The number of benzene rings is 3. The van der Waals surface area contributed by atoms with Gasteiger partial charge in [-0.2, -0.15) is 0 Å². The normalized spacial score (nSPS) is 17.9. The van der Waals surface area contributed by atoms with Crippen molar-refractivity contribution in [2.24, 2.45) is 0 Å². The van der Waals surface area contributed by atoms with E-state index in [0.717, 1.165) is 41.3 Å². The Labute approximate surface area is 259 Å². The van der Waals surface area contributed by atoms with Crippen LogP contribution in [-0.4, -0.2) is 46.1 Å². The number of methoxy groups -OCH3 is 3. The molecule has 0 aromatic heterocycles. The topological polar surface area (TPSA) is 89.1 Å². The molecule has 0 bridgehead atoms. The van der Waals surface area contributed by atoms with Crippen LogP contribution in [0.1, 0.15) is 56.6 Å². The van der Waals surface area contributed by atoms with Crippen molar-refractivity contribution in [2.45, 2.75) is 45.4 Å². The summed E-state index contributed by atoms with van der Waals surface area (Å²) >= 11 is 0. The monoisotopic (exact) mass is 595 g/mol. The first-order chi connectivity index (χ1) is 21.3. The van der Waals surface area contributed by atoms with Crippen LogP contribution in [0.25, 0.3) is 0 Å². The molecule has 2 aliphatic rings. The summed E-state index contributed by atoms with van der Waals surface area (Å²) in [5.41, 5.74) is 6.45. The first-order valence-corrected chi connectivity index (χ1v) is 15.1. The zero-order valence-corrected chi connectivity index (χ0v) is 26.3. The number of hydrogen-bond donors (Lipinski definition) is 2. The van der Waals surface area contributed by atoms with Crippen LogP contribution in [-0.2, 0) is 9.59 Å². The van der Waals surface area contributed by atoms with Gasteiger partial charge in [0, 0.05) is 59.3 Å². The third-order valence-electron chi connectivity index (χ3n) is 8.65. The fourth-order valence-electron chi connectivity index (χ4n) is 6.35. The van der Waals surface area contributed by atoms with Gasteiger partial charge in [0.25, 0.3) is 5.91 Å². The molecule has 8 heteroatoms. The van der Waals surface area contributed by atoms with Crippen molar-refractivity contribution in [2.75, 3.05) is 44.6 Å². The van der Waals surface area contributed by atoms with Gasteiger partial charge < -0.3 is 29.7 Å². The Kier molecular flexibility index (Phi) is 9.28. The highest BCUT2D eigenvalue weighted by Gasteiger charge is 2.41. The van der Waals surface area contributed by atoms with Crippen LogP contribution in [0.5, 0.6) is 17.2 Å². The number of nitrogens with zero attached hydrogens (tertiary/aromatic N) is 1. The molecule has 0 saturated carbocycles. The molecule has 3 aromatic carbocycles. The highest BCUT2D eigenvalue weighted by molar-refractivity contribution is 6.10. The Balaban J connectivity index is 1.54. The molecular weight excluding hydrogens is 554 g/mol. The second-order valence-electron chi connectivity index (χ2n) is 11.1. The van der Waals surface area contributed by atoms with Gasteiger partial charge in [0.2, 0.25) is 0 Å². The van der Waals surface area contributed by atoms with Crippen LogP contribution in [0.2, 0.25) is 0 Å². The van der Waals surface area contributed by atoms with Crippen LogP contribution < -0.4 is 29.7 Å². The number of carbonyl (C=O) groups excluding carboxylic acids is 2. The molecule has 1 heterocycles. The second kappa shape index (κ2) is 13.3. The summed E-state index contributed by atoms with van der Waals surface area (Å²) in [6.07, 6.45) is 0.964. The minimum absolute atomic E-state index is 0.0265. The Morgan fingerprint density at radius 3 is 2.14 bits per heavy atom. The van der Waals surface area contributed by atoms with Gasteiger partial charge in [0.15, 0.2) is 17.3 Å². The Morgan fingerprint density at radius 2 is 1.52 bits per heavy atom. The van der Waals surface area contributed by atoms with Crippen molar-refractivity contribution < 1.29 is 23.8 Å². The minimum Gasteiger partial charge on any atom is -0.497 e. The molecule has 0 saturated heterocycles. The van der Waals surface area contributed by atoms with E-state index >= 15 is 0 Å². The van der Waals surface area contributed by atoms with E-state index in [2.05, 4.69) is 53.6 Å². The van der Waals surface area contributed by atoms with Gasteiger partial charge in [-0.1, -0.05) is 18.2 Å². The fourth-order valence-corrected chi connectivity index (χ4v) is 6.35. The quantitative estimate of drug-likeness (QED) is 0.274. The summed E-state index contributed by atoms with van der Waals surface area (Å²) in [7, 11) is 4.82. The van der Waals surface area contributed by atoms with Gasteiger partial charge >= 0.3 is 0 Å². The molecule has 1 amide bonds. The summed E-state index contributed by atoms with van der Waals surface area (Å²) in [6, 6.07) is 21.3. The molecule has 44 heavy (non-hydrogen) atoms. The van der Waals surface area contributed by atoms with Gasteiger partial charge in [0.05, 0.1) is 21.3 Å². The highest BCUT2D eigenvalue weighted by Crippen LogP contribution is 2.46. The summed E-state index contributed by atoms with van der Waals surface area (Å²) < 4.78 is 16.2. The molecule has 8 nitrogen and oxygen atoms in total. The summed E-state index contributed by atoms with van der Waals surface area (Å²) in [6.45, 7) is 7.95. The molecule has 1 aliphatic carbocycles. The van der Waals surface area contributed by atoms with E-state index in [4.69, 9.17) is 14.2 Å². The minimum atomic E-state index is -0.505. The van der Waals surface area contributed by atoms with Gasteiger partial charge in [-0.05, 0) is 92.8 Å². The van der Waals surface area contributed by atoms with Crippen LogP contribution in [0.4, 0.5) is 11.4 Å². The average molecular weight is 596 g/mol.